The van der Waals surface area contributed by atoms with Crippen molar-refractivity contribution in [3.8, 4) is 0 Å². The third-order valence-electron chi connectivity index (χ3n) is 1.11. The highest BCUT2D eigenvalue weighted by Crippen LogP contribution is 2.07. The molecule has 0 radical (unpaired) electrons. The van der Waals surface area contributed by atoms with Crippen LogP contribution in [0.4, 0.5) is 5.82 Å². The molecule has 0 saturated heterocycles. The van der Waals surface area contributed by atoms with Crippen molar-refractivity contribution in [2.45, 2.75) is 0 Å². The minimum atomic E-state index is 0.00833. The zero-order valence-electron chi connectivity index (χ0n) is 5.87. The van der Waals surface area contributed by atoms with Gasteiger partial charge in [0.15, 0.2) is 5.82 Å². The maximum atomic E-state index is 7.10. The lowest BCUT2D eigenvalue weighted by atomic mass is 10.5. The fourth-order valence-corrected chi connectivity index (χ4v) is 0.662. The van der Waals surface area contributed by atoms with Crippen LogP contribution in [0.15, 0.2) is 6.30 Å². The summed E-state index contributed by atoms with van der Waals surface area (Å²) in [4.78, 5) is 6.28. The Labute approximate surface area is 56.9 Å². The van der Waals surface area contributed by atoms with Gasteiger partial charge in [0, 0.05) is 0 Å². The SMILES string of the molecule is [2H]c1nc2nnnc(N)c2[nH]1. The largest absolute Gasteiger partial charge is 0.380 e. The van der Waals surface area contributed by atoms with E-state index < -0.39 is 0 Å². The molecule has 0 aliphatic carbocycles. The Morgan fingerprint density at radius 3 is 3.30 bits per heavy atom. The topological polar surface area (TPSA) is 93.4 Å². The first-order chi connectivity index (χ1) is 5.27. The number of fused-ring (bicyclic) bond motifs is 1. The summed E-state index contributed by atoms with van der Waals surface area (Å²) in [7, 11) is 0. The third kappa shape index (κ3) is 0.524. The van der Waals surface area contributed by atoms with Gasteiger partial charge >= 0.3 is 0 Å². The number of hydrogen-bond donors (Lipinski definition) is 2. The Morgan fingerprint density at radius 1 is 1.60 bits per heavy atom. The van der Waals surface area contributed by atoms with Gasteiger partial charge in [0.2, 0.25) is 5.65 Å². The van der Waals surface area contributed by atoms with Crippen LogP contribution in [-0.2, 0) is 0 Å². The number of aromatic nitrogens is 5. The van der Waals surface area contributed by atoms with Gasteiger partial charge in [0.05, 0.1) is 6.30 Å². The summed E-state index contributed by atoms with van der Waals surface area (Å²) in [5.41, 5.74) is 6.19. The average Bonchev–Trinajstić information content (AvgIpc) is 2.31. The van der Waals surface area contributed by atoms with Crippen LogP contribution < -0.4 is 5.73 Å². The second-order valence-corrected chi connectivity index (χ2v) is 1.72. The van der Waals surface area contributed by atoms with Gasteiger partial charge < -0.3 is 10.7 Å². The highest BCUT2D eigenvalue weighted by Gasteiger charge is 2.00. The van der Waals surface area contributed by atoms with Crippen LogP contribution in [0.5, 0.6) is 0 Å². The van der Waals surface area contributed by atoms with E-state index in [4.69, 9.17) is 7.10 Å². The maximum Gasteiger partial charge on any atom is 0.205 e. The second kappa shape index (κ2) is 1.63. The zero-order valence-corrected chi connectivity index (χ0v) is 4.87. The van der Waals surface area contributed by atoms with E-state index in [2.05, 4.69) is 25.4 Å². The van der Waals surface area contributed by atoms with Crippen LogP contribution in [0.1, 0.15) is 1.37 Å². The van der Waals surface area contributed by atoms with Crippen LogP contribution in [-0.4, -0.2) is 25.4 Å². The third-order valence-corrected chi connectivity index (χ3v) is 1.11. The van der Waals surface area contributed by atoms with Gasteiger partial charge in [-0.25, -0.2) is 4.98 Å². The normalized spacial score (nSPS) is 11.8. The van der Waals surface area contributed by atoms with Crippen molar-refractivity contribution in [3.05, 3.63) is 6.30 Å². The van der Waals surface area contributed by atoms with Crippen LogP contribution in [0, 0.1) is 0 Å². The minimum absolute atomic E-state index is 0.00833. The van der Waals surface area contributed by atoms with Crippen molar-refractivity contribution in [2.24, 2.45) is 0 Å². The van der Waals surface area contributed by atoms with E-state index in [9.17, 15) is 0 Å². The highest BCUT2D eigenvalue weighted by atomic mass is 15.3. The van der Waals surface area contributed by atoms with Gasteiger partial charge in [-0.2, -0.15) is 0 Å². The Kier molecular flexibility index (Phi) is 0.676. The molecule has 0 aliphatic heterocycles. The summed E-state index contributed by atoms with van der Waals surface area (Å²) < 4.78 is 7.10. The van der Waals surface area contributed by atoms with E-state index in [-0.39, 0.29) is 12.1 Å². The van der Waals surface area contributed by atoms with E-state index in [0.29, 0.717) is 11.2 Å². The number of aromatic amines is 1. The second-order valence-electron chi connectivity index (χ2n) is 1.72. The molecule has 0 aliphatic rings. The molecular weight excluding hydrogens is 132 g/mol. The molecule has 0 saturated carbocycles. The first-order valence-electron chi connectivity index (χ1n) is 3.08. The van der Waals surface area contributed by atoms with Gasteiger partial charge in [0.1, 0.15) is 6.89 Å². The highest BCUT2D eigenvalue weighted by molar-refractivity contribution is 5.79. The van der Waals surface area contributed by atoms with Crippen molar-refractivity contribution in [1.82, 2.24) is 25.4 Å². The van der Waals surface area contributed by atoms with Gasteiger partial charge in [-0.15, -0.1) is 10.2 Å². The number of rotatable bonds is 0. The molecule has 0 unspecified atom stereocenters. The van der Waals surface area contributed by atoms with Gasteiger partial charge in [-0.05, 0) is 5.21 Å². The van der Waals surface area contributed by atoms with Gasteiger partial charge in [0.25, 0.3) is 0 Å². The Bertz CT molecular complexity index is 394. The lowest BCUT2D eigenvalue weighted by Crippen LogP contribution is -1.96. The summed E-state index contributed by atoms with van der Waals surface area (Å²) >= 11 is 0. The smallest absolute Gasteiger partial charge is 0.205 e. The number of nitrogens with two attached hydrogens (primary N) is 1. The lowest BCUT2D eigenvalue weighted by molar-refractivity contribution is 0.896. The molecule has 2 rings (SSSR count). The van der Waals surface area contributed by atoms with Crippen molar-refractivity contribution in [1.29, 1.82) is 0 Å². The monoisotopic (exact) mass is 137 g/mol. The molecule has 0 amide bonds. The number of nitrogens with one attached hydrogen (secondary N) is 1. The van der Waals surface area contributed by atoms with E-state index in [0.717, 1.165) is 0 Å². The molecule has 2 aromatic heterocycles. The van der Waals surface area contributed by atoms with Crippen molar-refractivity contribution >= 4 is 17.0 Å². The van der Waals surface area contributed by atoms with E-state index in [1.807, 2.05) is 0 Å². The number of imidazole rings is 1. The average molecular weight is 137 g/mol. The molecule has 0 aromatic carbocycles. The van der Waals surface area contributed by atoms with E-state index in [1.54, 1.807) is 0 Å². The molecule has 2 aromatic rings. The van der Waals surface area contributed by atoms with Gasteiger partial charge in [-0.1, -0.05) is 0 Å². The number of anilines is 1. The summed E-state index contributed by atoms with van der Waals surface area (Å²) in [5.74, 6) is 0.209. The number of hydrogen-bond acceptors (Lipinski definition) is 5. The molecule has 3 N–H and O–H groups in total. The first kappa shape index (κ1) is 4.15. The van der Waals surface area contributed by atoms with Crippen LogP contribution in [0.3, 0.4) is 0 Å². The summed E-state index contributed by atoms with van der Waals surface area (Å²) in [6, 6.07) is 0. The lowest BCUT2D eigenvalue weighted by Gasteiger charge is -1.87. The fraction of sp³-hybridized carbons (Fsp3) is 0. The van der Waals surface area contributed by atoms with Crippen LogP contribution in [0.2, 0.25) is 0 Å². The van der Waals surface area contributed by atoms with E-state index in [1.165, 1.54) is 0 Å². The molecule has 0 bridgehead atoms. The van der Waals surface area contributed by atoms with Crippen molar-refractivity contribution in [3.63, 3.8) is 0 Å². The number of nitrogens with zero attached hydrogens (tertiary/aromatic N) is 4. The predicted molar refractivity (Wildman–Crippen MR) is 33.9 cm³/mol. The predicted octanol–water partition coefficient (Wildman–Crippen LogP) is -0.670. The summed E-state index contributed by atoms with van der Waals surface area (Å²) in [5, 5.41) is 10.4. The quantitative estimate of drug-likeness (QED) is 0.502. The standard InChI is InChI=1S/C4H4N6/c5-3-2-4(7-1-6-2)9-10-8-3/h1H,(H3,5,6,7,8,9)/i1D. The number of nitrogen functional groups attached to an aromatic ring is 1. The van der Waals surface area contributed by atoms with Crippen molar-refractivity contribution in [2.75, 3.05) is 5.73 Å². The first-order valence-corrected chi connectivity index (χ1v) is 2.58. The Balaban J connectivity index is 2.90. The van der Waals surface area contributed by atoms with E-state index >= 15 is 0 Å². The van der Waals surface area contributed by atoms with Crippen LogP contribution in [0.25, 0.3) is 11.2 Å². The van der Waals surface area contributed by atoms with Crippen molar-refractivity contribution < 1.29 is 1.37 Å². The molecule has 10 heavy (non-hydrogen) atoms. The fourth-order valence-electron chi connectivity index (χ4n) is 0.662. The summed E-state index contributed by atoms with van der Waals surface area (Å²) in [6.07, 6.45) is 0.00833. The van der Waals surface area contributed by atoms with Crippen LogP contribution >= 0.6 is 0 Å². The molecule has 0 spiro atoms. The molecule has 0 fully saturated rings. The molecule has 2 heterocycles. The molecule has 50 valence electrons. The Morgan fingerprint density at radius 2 is 2.50 bits per heavy atom. The minimum Gasteiger partial charge on any atom is -0.380 e. The molecule has 6 nitrogen and oxygen atoms in total. The number of H-pyrrole nitrogens is 1. The molecule has 0 atom stereocenters. The molecule has 6 heteroatoms. The zero-order chi connectivity index (χ0) is 7.84. The molecular formula is C4H4N6. The Hall–Kier alpha value is -1.72. The maximum absolute atomic E-state index is 7.10. The summed E-state index contributed by atoms with van der Waals surface area (Å²) in [6.45, 7) is 0. The van der Waals surface area contributed by atoms with Gasteiger partial charge in [-0.3, -0.25) is 0 Å².